The van der Waals surface area contributed by atoms with Crippen LogP contribution in [0, 0.1) is 0 Å². The molecule has 1 aromatic rings. The summed E-state index contributed by atoms with van der Waals surface area (Å²) >= 11 is 0. The van der Waals surface area contributed by atoms with Gasteiger partial charge in [-0.1, -0.05) is 6.92 Å². The van der Waals surface area contributed by atoms with E-state index in [1.54, 1.807) is 4.68 Å². The van der Waals surface area contributed by atoms with Crippen LogP contribution in [0.5, 0.6) is 0 Å². The highest BCUT2D eigenvalue weighted by atomic mass is 19.1. The first-order valence-electron chi connectivity index (χ1n) is 4.01. The Labute approximate surface area is 70.8 Å². The molecule has 0 aromatic carbocycles. The van der Waals surface area contributed by atoms with Gasteiger partial charge in [-0.15, -0.1) is 0 Å². The van der Waals surface area contributed by atoms with Crippen LogP contribution in [0.1, 0.15) is 12.7 Å². The van der Waals surface area contributed by atoms with Crippen molar-refractivity contribution in [1.29, 1.82) is 0 Å². The number of rotatable bonds is 5. The fraction of sp³-hybridized carbons (Fsp3) is 0.714. The predicted octanol–water partition coefficient (Wildman–Crippen LogP) is 0.357. The van der Waals surface area contributed by atoms with Gasteiger partial charge in [0.2, 0.25) is 0 Å². The third-order valence-electron chi connectivity index (χ3n) is 1.53. The van der Waals surface area contributed by atoms with E-state index in [1.807, 2.05) is 6.92 Å². The molecule has 0 unspecified atom stereocenters. The van der Waals surface area contributed by atoms with Crippen LogP contribution in [-0.4, -0.2) is 28.0 Å². The number of nitrogens with zero attached hydrogens (tertiary/aromatic N) is 3. The summed E-state index contributed by atoms with van der Waals surface area (Å²) in [7, 11) is 0. The Morgan fingerprint density at radius 1 is 1.67 bits per heavy atom. The summed E-state index contributed by atoms with van der Waals surface area (Å²) in [5.74, 6) is 0.787. The molecule has 0 saturated carbocycles. The van der Waals surface area contributed by atoms with Gasteiger partial charge in [-0.2, -0.15) is 5.10 Å². The predicted molar refractivity (Wildman–Crippen MR) is 43.4 cm³/mol. The Bertz CT molecular complexity index is 223. The minimum atomic E-state index is -0.400. The topological polar surface area (TPSA) is 42.7 Å². The van der Waals surface area contributed by atoms with Crippen LogP contribution < -0.4 is 5.32 Å². The molecule has 0 atom stereocenters. The smallest absolute Gasteiger partial charge is 0.140 e. The monoisotopic (exact) mass is 172 g/mol. The summed E-state index contributed by atoms with van der Waals surface area (Å²) in [5.41, 5.74) is 0. The average molecular weight is 172 g/mol. The Kier molecular flexibility index (Phi) is 3.66. The molecular formula is C7H13FN4. The number of hydrogen-bond donors (Lipinski definition) is 1. The van der Waals surface area contributed by atoms with Crippen molar-refractivity contribution in [3.8, 4) is 0 Å². The van der Waals surface area contributed by atoms with Gasteiger partial charge < -0.3 is 5.32 Å². The number of aromatic nitrogens is 3. The first kappa shape index (κ1) is 9.12. The highest BCUT2D eigenvalue weighted by Crippen LogP contribution is 1.93. The van der Waals surface area contributed by atoms with Crippen LogP contribution in [0.25, 0.3) is 0 Å². The minimum absolute atomic E-state index is 0.292. The van der Waals surface area contributed by atoms with E-state index in [9.17, 15) is 4.39 Å². The van der Waals surface area contributed by atoms with Crippen molar-refractivity contribution in [1.82, 2.24) is 20.1 Å². The Morgan fingerprint density at radius 2 is 2.50 bits per heavy atom. The van der Waals surface area contributed by atoms with Gasteiger partial charge in [0.25, 0.3) is 0 Å². The van der Waals surface area contributed by atoms with Gasteiger partial charge in [-0.3, -0.25) is 0 Å². The molecule has 0 aliphatic heterocycles. The van der Waals surface area contributed by atoms with Crippen LogP contribution in [0.2, 0.25) is 0 Å². The van der Waals surface area contributed by atoms with Crippen LogP contribution in [0.15, 0.2) is 6.33 Å². The molecule has 1 N–H and O–H groups in total. The molecule has 0 amide bonds. The van der Waals surface area contributed by atoms with Gasteiger partial charge in [-0.25, -0.2) is 14.1 Å². The molecule has 0 fully saturated rings. The normalized spacial score (nSPS) is 10.5. The molecule has 0 radical (unpaired) electrons. The van der Waals surface area contributed by atoms with Crippen LogP contribution in [0.3, 0.4) is 0 Å². The van der Waals surface area contributed by atoms with Crippen LogP contribution in [0.4, 0.5) is 4.39 Å². The lowest BCUT2D eigenvalue weighted by atomic mass is 10.5. The molecule has 0 saturated heterocycles. The fourth-order valence-corrected chi connectivity index (χ4v) is 0.929. The summed E-state index contributed by atoms with van der Waals surface area (Å²) in [6, 6.07) is 0. The van der Waals surface area contributed by atoms with Gasteiger partial charge in [0.15, 0.2) is 0 Å². The first-order valence-corrected chi connectivity index (χ1v) is 4.01. The van der Waals surface area contributed by atoms with E-state index in [0.29, 0.717) is 13.1 Å². The molecule has 1 heterocycles. The Balaban J connectivity index is 2.51. The van der Waals surface area contributed by atoms with Gasteiger partial charge in [-0.05, 0) is 6.54 Å². The highest BCUT2D eigenvalue weighted by Gasteiger charge is 2.01. The van der Waals surface area contributed by atoms with Crippen molar-refractivity contribution < 1.29 is 4.39 Å². The fourth-order valence-electron chi connectivity index (χ4n) is 0.929. The van der Waals surface area contributed by atoms with Crippen LogP contribution >= 0.6 is 0 Å². The van der Waals surface area contributed by atoms with Crippen molar-refractivity contribution in [2.24, 2.45) is 0 Å². The lowest BCUT2D eigenvalue weighted by Crippen LogP contribution is -2.17. The third-order valence-corrected chi connectivity index (χ3v) is 1.53. The van der Waals surface area contributed by atoms with E-state index < -0.39 is 6.67 Å². The second-order valence-corrected chi connectivity index (χ2v) is 2.37. The molecule has 0 aliphatic carbocycles. The number of halogens is 1. The molecule has 0 aliphatic rings. The molecular weight excluding hydrogens is 159 g/mol. The van der Waals surface area contributed by atoms with E-state index in [-0.39, 0.29) is 0 Å². The van der Waals surface area contributed by atoms with Crippen molar-refractivity contribution in [3.05, 3.63) is 12.2 Å². The van der Waals surface area contributed by atoms with E-state index >= 15 is 0 Å². The molecule has 68 valence electrons. The number of aryl methyl sites for hydroxylation is 1. The lowest BCUT2D eigenvalue weighted by Gasteiger charge is -2.02. The largest absolute Gasteiger partial charge is 0.310 e. The average Bonchev–Trinajstić information content (AvgIpc) is 2.50. The molecule has 1 aromatic heterocycles. The maximum atomic E-state index is 11.9. The Morgan fingerprint density at radius 3 is 3.17 bits per heavy atom. The maximum absolute atomic E-state index is 11.9. The molecule has 12 heavy (non-hydrogen) atoms. The zero-order valence-corrected chi connectivity index (χ0v) is 7.13. The van der Waals surface area contributed by atoms with Gasteiger partial charge in [0, 0.05) is 0 Å². The summed E-state index contributed by atoms with van der Waals surface area (Å²) in [4.78, 5) is 4.00. The highest BCUT2D eigenvalue weighted by molar-refractivity contribution is 4.83. The zero-order chi connectivity index (χ0) is 8.81. The molecule has 5 heteroatoms. The van der Waals surface area contributed by atoms with E-state index in [1.165, 1.54) is 6.33 Å². The zero-order valence-electron chi connectivity index (χ0n) is 7.13. The molecule has 0 bridgehead atoms. The van der Waals surface area contributed by atoms with E-state index in [0.717, 1.165) is 12.4 Å². The van der Waals surface area contributed by atoms with E-state index in [2.05, 4.69) is 15.4 Å². The van der Waals surface area contributed by atoms with Gasteiger partial charge in [0.05, 0.1) is 13.1 Å². The van der Waals surface area contributed by atoms with Crippen molar-refractivity contribution in [3.63, 3.8) is 0 Å². The molecule has 1 rings (SSSR count). The summed E-state index contributed by atoms with van der Waals surface area (Å²) in [6.07, 6.45) is 1.45. The standard InChI is InChI=1S/C7H13FN4/c1-2-9-5-7-10-6-11-12(7)4-3-8/h6,9H,2-5H2,1H3. The summed E-state index contributed by atoms with van der Waals surface area (Å²) in [5, 5.41) is 6.99. The first-order chi connectivity index (χ1) is 5.88. The third kappa shape index (κ3) is 2.27. The molecule has 4 nitrogen and oxygen atoms in total. The maximum Gasteiger partial charge on any atom is 0.140 e. The lowest BCUT2D eigenvalue weighted by molar-refractivity contribution is 0.416. The number of alkyl halides is 1. The number of nitrogens with one attached hydrogen (secondary N) is 1. The quantitative estimate of drug-likeness (QED) is 0.697. The second kappa shape index (κ2) is 4.82. The number of hydrogen-bond acceptors (Lipinski definition) is 3. The van der Waals surface area contributed by atoms with E-state index in [4.69, 9.17) is 0 Å². The van der Waals surface area contributed by atoms with Gasteiger partial charge >= 0.3 is 0 Å². The summed E-state index contributed by atoms with van der Waals surface area (Å²) in [6.45, 7) is 3.43. The molecule has 0 spiro atoms. The van der Waals surface area contributed by atoms with Crippen LogP contribution in [-0.2, 0) is 13.1 Å². The Hall–Kier alpha value is -0.970. The van der Waals surface area contributed by atoms with Crippen molar-refractivity contribution in [2.45, 2.75) is 20.0 Å². The SMILES string of the molecule is CCNCc1ncnn1CCF. The minimum Gasteiger partial charge on any atom is -0.310 e. The second-order valence-electron chi connectivity index (χ2n) is 2.37. The van der Waals surface area contributed by atoms with Gasteiger partial charge in [0.1, 0.15) is 18.8 Å². The van der Waals surface area contributed by atoms with Crippen molar-refractivity contribution in [2.75, 3.05) is 13.2 Å². The summed E-state index contributed by atoms with van der Waals surface area (Å²) < 4.78 is 13.5. The van der Waals surface area contributed by atoms with Crippen molar-refractivity contribution >= 4 is 0 Å².